The second kappa shape index (κ2) is 6.03. The Morgan fingerprint density at radius 2 is 2.42 bits per heavy atom. The van der Waals surface area contributed by atoms with E-state index in [9.17, 15) is 0 Å². The maximum Gasteiger partial charge on any atom is 0.124 e. The molecule has 1 atom stereocenters. The first kappa shape index (κ1) is 11.5. The highest BCUT2D eigenvalue weighted by Gasteiger charge is 2.06. The number of rotatable bonds is 4. The third-order valence-electron chi connectivity index (χ3n) is 1.79. The Kier molecular flexibility index (Phi) is 5.76. The largest absolute Gasteiger partial charge is 0.365 e. The predicted octanol–water partition coefficient (Wildman–Crippen LogP) is 1.81. The summed E-state index contributed by atoms with van der Waals surface area (Å²) in [6.45, 7) is 3.17. The second-order valence-corrected chi connectivity index (χ2v) is 2.72. The van der Waals surface area contributed by atoms with Crippen molar-refractivity contribution in [1.29, 1.82) is 0 Å². The van der Waals surface area contributed by atoms with Crippen LogP contribution in [0.3, 0.4) is 0 Å². The fourth-order valence-corrected chi connectivity index (χ4v) is 0.985. The lowest BCUT2D eigenvalue weighted by Crippen LogP contribution is -2.10. The molecule has 1 heterocycles. The summed E-state index contributed by atoms with van der Waals surface area (Å²) in [4.78, 5) is 0. The molecule has 1 aromatic heterocycles. The van der Waals surface area contributed by atoms with Gasteiger partial charge in [-0.15, -0.1) is 12.4 Å². The Balaban J connectivity index is 0.00000121. The van der Waals surface area contributed by atoms with Gasteiger partial charge in [-0.25, -0.2) is 0 Å². The molecule has 1 aromatic rings. The second-order valence-electron chi connectivity index (χ2n) is 2.72. The van der Waals surface area contributed by atoms with Crippen LogP contribution in [0.1, 0.15) is 25.0 Å². The molecule has 0 fully saturated rings. The van der Waals surface area contributed by atoms with Crippen molar-refractivity contribution in [3.63, 3.8) is 0 Å². The number of halogens is 1. The highest BCUT2D eigenvalue weighted by molar-refractivity contribution is 5.85. The summed E-state index contributed by atoms with van der Waals surface area (Å²) in [7, 11) is 1.95. The highest BCUT2D eigenvalue weighted by Crippen LogP contribution is 2.15. The molecule has 0 aliphatic carbocycles. The number of hydrogen-bond donors (Lipinski definition) is 1. The van der Waals surface area contributed by atoms with Gasteiger partial charge in [0.15, 0.2) is 0 Å². The van der Waals surface area contributed by atoms with Gasteiger partial charge in [-0.2, -0.15) is 0 Å². The number of nitrogens with zero attached hydrogens (tertiary/aromatic N) is 1. The van der Waals surface area contributed by atoms with Crippen molar-refractivity contribution >= 4 is 12.4 Å². The Morgan fingerprint density at radius 3 is 2.92 bits per heavy atom. The van der Waals surface area contributed by atoms with E-state index in [0.29, 0.717) is 5.92 Å². The van der Waals surface area contributed by atoms with Crippen molar-refractivity contribution in [2.24, 2.45) is 0 Å². The van der Waals surface area contributed by atoms with Gasteiger partial charge < -0.3 is 9.84 Å². The molecule has 3 nitrogen and oxygen atoms in total. The zero-order valence-electron chi connectivity index (χ0n) is 7.41. The molecule has 1 unspecified atom stereocenters. The van der Waals surface area contributed by atoms with Crippen molar-refractivity contribution < 1.29 is 4.52 Å². The Morgan fingerprint density at radius 1 is 1.67 bits per heavy atom. The van der Waals surface area contributed by atoms with E-state index in [-0.39, 0.29) is 12.4 Å². The first-order chi connectivity index (χ1) is 5.34. The maximum absolute atomic E-state index is 4.75. The van der Waals surface area contributed by atoms with Crippen molar-refractivity contribution in [1.82, 2.24) is 10.5 Å². The summed E-state index contributed by atoms with van der Waals surface area (Å²) < 4.78 is 4.75. The van der Waals surface area contributed by atoms with Gasteiger partial charge in [0.2, 0.25) is 0 Å². The molecule has 0 aliphatic rings. The van der Waals surface area contributed by atoms with E-state index in [1.165, 1.54) is 0 Å². The first-order valence-corrected chi connectivity index (χ1v) is 3.89. The fourth-order valence-electron chi connectivity index (χ4n) is 0.985. The Hall–Kier alpha value is -0.540. The van der Waals surface area contributed by atoms with E-state index < -0.39 is 0 Å². The number of nitrogens with one attached hydrogen (secondary N) is 1. The molecule has 0 saturated carbocycles. The van der Waals surface area contributed by atoms with Crippen molar-refractivity contribution in [3.8, 4) is 0 Å². The predicted molar refractivity (Wildman–Crippen MR) is 50.7 cm³/mol. The fraction of sp³-hybridized carbons (Fsp3) is 0.625. The average molecular weight is 191 g/mol. The lowest BCUT2D eigenvalue weighted by atomic mass is 10.0. The minimum absolute atomic E-state index is 0. The molecule has 0 aromatic carbocycles. The van der Waals surface area contributed by atoms with Crippen LogP contribution < -0.4 is 5.32 Å². The van der Waals surface area contributed by atoms with Crippen molar-refractivity contribution in [2.45, 2.75) is 19.3 Å². The SMILES string of the molecule is CNCCC(C)c1ccon1.Cl. The summed E-state index contributed by atoms with van der Waals surface area (Å²) >= 11 is 0. The van der Waals surface area contributed by atoms with Crippen LogP contribution in [0.2, 0.25) is 0 Å². The topological polar surface area (TPSA) is 38.1 Å². The van der Waals surface area contributed by atoms with Crippen molar-refractivity contribution in [2.75, 3.05) is 13.6 Å². The van der Waals surface area contributed by atoms with Crippen LogP contribution in [-0.2, 0) is 0 Å². The summed E-state index contributed by atoms with van der Waals surface area (Å²) in [6.07, 6.45) is 2.72. The van der Waals surface area contributed by atoms with Gasteiger partial charge in [-0.05, 0) is 20.0 Å². The smallest absolute Gasteiger partial charge is 0.124 e. The van der Waals surface area contributed by atoms with Gasteiger partial charge in [-0.1, -0.05) is 12.1 Å². The molecule has 70 valence electrons. The molecule has 1 rings (SSSR count). The molecule has 0 radical (unpaired) electrons. The summed E-state index contributed by atoms with van der Waals surface area (Å²) in [5.74, 6) is 0.487. The number of hydrogen-bond acceptors (Lipinski definition) is 3. The van der Waals surface area contributed by atoms with Gasteiger partial charge in [-0.3, -0.25) is 0 Å². The van der Waals surface area contributed by atoms with Gasteiger partial charge in [0.1, 0.15) is 6.26 Å². The zero-order valence-corrected chi connectivity index (χ0v) is 8.23. The van der Waals surface area contributed by atoms with Crippen LogP contribution in [-0.4, -0.2) is 18.7 Å². The third-order valence-corrected chi connectivity index (χ3v) is 1.79. The van der Waals surface area contributed by atoms with E-state index in [4.69, 9.17) is 4.52 Å². The molecule has 0 bridgehead atoms. The number of aromatic nitrogens is 1. The van der Waals surface area contributed by atoms with E-state index in [0.717, 1.165) is 18.7 Å². The van der Waals surface area contributed by atoms with Crippen LogP contribution in [0, 0.1) is 0 Å². The molecular formula is C8H15ClN2O. The van der Waals surface area contributed by atoms with Crippen molar-refractivity contribution in [3.05, 3.63) is 18.0 Å². The minimum Gasteiger partial charge on any atom is -0.365 e. The molecule has 0 spiro atoms. The highest BCUT2D eigenvalue weighted by atomic mass is 35.5. The van der Waals surface area contributed by atoms with Gasteiger partial charge in [0.05, 0.1) is 5.69 Å². The summed E-state index contributed by atoms with van der Waals surface area (Å²) in [6, 6.07) is 1.92. The van der Waals surface area contributed by atoms with Gasteiger partial charge >= 0.3 is 0 Å². The quantitative estimate of drug-likeness (QED) is 0.787. The molecule has 0 aliphatic heterocycles. The third kappa shape index (κ3) is 3.24. The van der Waals surface area contributed by atoms with E-state index in [1.807, 2.05) is 13.1 Å². The average Bonchev–Trinajstić information content (AvgIpc) is 2.52. The van der Waals surface area contributed by atoms with E-state index >= 15 is 0 Å². The Bertz CT molecular complexity index is 189. The van der Waals surface area contributed by atoms with Crippen LogP contribution in [0.25, 0.3) is 0 Å². The van der Waals surface area contributed by atoms with E-state index in [1.54, 1.807) is 6.26 Å². The maximum atomic E-state index is 4.75. The molecular weight excluding hydrogens is 176 g/mol. The monoisotopic (exact) mass is 190 g/mol. The summed E-state index contributed by atoms with van der Waals surface area (Å²) in [5.41, 5.74) is 1.04. The van der Waals surface area contributed by atoms with Crippen LogP contribution in [0.4, 0.5) is 0 Å². The normalized spacial score (nSPS) is 12.2. The molecule has 0 amide bonds. The van der Waals surface area contributed by atoms with Crippen LogP contribution in [0.15, 0.2) is 16.9 Å². The zero-order chi connectivity index (χ0) is 8.10. The van der Waals surface area contributed by atoms with E-state index in [2.05, 4.69) is 17.4 Å². The van der Waals surface area contributed by atoms with Gasteiger partial charge in [0, 0.05) is 12.0 Å². The minimum atomic E-state index is 0. The molecule has 12 heavy (non-hydrogen) atoms. The molecule has 4 heteroatoms. The summed E-state index contributed by atoms with van der Waals surface area (Å²) in [5, 5.41) is 6.97. The van der Waals surface area contributed by atoms with Gasteiger partial charge in [0.25, 0.3) is 0 Å². The van der Waals surface area contributed by atoms with Crippen LogP contribution in [0.5, 0.6) is 0 Å². The molecule has 1 N–H and O–H groups in total. The first-order valence-electron chi connectivity index (χ1n) is 3.89. The Labute approximate surface area is 78.9 Å². The lowest BCUT2D eigenvalue weighted by Gasteiger charge is -2.05. The lowest BCUT2D eigenvalue weighted by molar-refractivity contribution is 0.404. The van der Waals surface area contributed by atoms with Crippen LogP contribution >= 0.6 is 12.4 Å². The molecule has 0 saturated heterocycles. The standard InChI is InChI=1S/C8H14N2O.ClH/c1-7(3-5-9-2)8-4-6-11-10-8;/h4,6-7,9H,3,5H2,1-2H3;1H.